The minimum absolute atomic E-state index is 0.0892. The first kappa shape index (κ1) is 22.2. The summed E-state index contributed by atoms with van der Waals surface area (Å²) in [7, 11) is -4.47. The van der Waals surface area contributed by atoms with Gasteiger partial charge in [0.05, 0.1) is 11.6 Å². The second-order valence-corrected chi connectivity index (χ2v) is 9.75. The molecule has 2 aromatic carbocycles. The number of benzene rings is 2. The van der Waals surface area contributed by atoms with Crippen molar-refractivity contribution in [2.75, 3.05) is 17.8 Å². The molecule has 8 nitrogen and oxygen atoms in total. The molecule has 34 heavy (non-hydrogen) atoms. The number of anilines is 1. The molecule has 3 heterocycles. The number of hydrogen-bond acceptors (Lipinski definition) is 6. The van der Waals surface area contributed by atoms with E-state index in [0.717, 1.165) is 42.4 Å². The fraction of sp³-hybridized carbons (Fsp3) is 0.217. The molecule has 1 atom stereocenters. The predicted molar refractivity (Wildman–Crippen MR) is 121 cm³/mol. The van der Waals surface area contributed by atoms with Crippen LogP contribution in [0.3, 0.4) is 0 Å². The van der Waals surface area contributed by atoms with Gasteiger partial charge < -0.3 is 9.73 Å². The molecular formula is C23H20F2N4O4S. The molecule has 0 spiro atoms. The molecule has 1 unspecified atom stereocenters. The number of hydrogen-bond donors (Lipinski definition) is 2. The molecule has 5 rings (SSSR count). The highest BCUT2D eigenvalue weighted by Gasteiger charge is 2.28. The molecular weight excluding hydrogens is 466 g/mol. The molecule has 0 saturated carbocycles. The third-order valence-electron chi connectivity index (χ3n) is 5.97. The van der Waals surface area contributed by atoms with Crippen molar-refractivity contribution >= 4 is 26.9 Å². The lowest BCUT2D eigenvalue weighted by atomic mass is 9.87. The van der Waals surface area contributed by atoms with Crippen molar-refractivity contribution < 1.29 is 21.6 Å². The van der Waals surface area contributed by atoms with E-state index in [-0.39, 0.29) is 16.9 Å². The van der Waals surface area contributed by atoms with Crippen molar-refractivity contribution in [3.63, 3.8) is 0 Å². The van der Waals surface area contributed by atoms with Crippen LogP contribution in [0.4, 0.5) is 14.6 Å². The minimum Gasteiger partial charge on any atom is -0.408 e. The Hall–Kier alpha value is -3.57. The van der Waals surface area contributed by atoms with Gasteiger partial charge >= 0.3 is 5.76 Å². The van der Waals surface area contributed by atoms with E-state index in [1.165, 1.54) is 16.7 Å². The topological polar surface area (TPSA) is 106 Å². The van der Waals surface area contributed by atoms with Crippen LogP contribution in [-0.4, -0.2) is 31.1 Å². The molecule has 1 saturated heterocycles. The largest absolute Gasteiger partial charge is 0.420 e. The van der Waals surface area contributed by atoms with Gasteiger partial charge in [0, 0.05) is 31.1 Å². The first-order valence-electron chi connectivity index (χ1n) is 10.5. The zero-order chi connectivity index (χ0) is 24.0. The van der Waals surface area contributed by atoms with Gasteiger partial charge in [0.1, 0.15) is 16.5 Å². The van der Waals surface area contributed by atoms with Crippen molar-refractivity contribution in [3.8, 4) is 0 Å². The third kappa shape index (κ3) is 3.86. The highest BCUT2D eigenvalue weighted by Crippen LogP contribution is 2.32. The van der Waals surface area contributed by atoms with E-state index in [2.05, 4.69) is 10.3 Å². The average Bonchev–Trinajstić information content (AvgIpc) is 3.06. The van der Waals surface area contributed by atoms with Gasteiger partial charge in [-0.3, -0.25) is 9.29 Å². The van der Waals surface area contributed by atoms with Crippen LogP contribution in [0, 0.1) is 11.8 Å². The molecule has 1 aliphatic heterocycles. The fourth-order valence-corrected chi connectivity index (χ4v) is 5.25. The first-order valence-corrected chi connectivity index (χ1v) is 12.0. The number of rotatable bonds is 6. The average molecular weight is 487 g/mol. The molecule has 1 fully saturated rings. The van der Waals surface area contributed by atoms with E-state index in [1.807, 2.05) is 29.0 Å². The summed E-state index contributed by atoms with van der Waals surface area (Å²) in [5.74, 6) is -2.73. The van der Waals surface area contributed by atoms with E-state index in [9.17, 15) is 17.6 Å². The van der Waals surface area contributed by atoms with Gasteiger partial charge in [-0.2, -0.15) is 4.39 Å². The molecule has 176 valence electrons. The van der Waals surface area contributed by atoms with Gasteiger partial charge in [-0.25, -0.2) is 22.6 Å². The third-order valence-corrected chi connectivity index (χ3v) is 7.33. The SMILES string of the molecule is CC(c1ccccc1C1CNC1)n1c(=O)oc2cc(S(=O)(=O)Nc3cccc(F)n3)c(F)cc21. The summed E-state index contributed by atoms with van der Waals surface area (Å²) in [4.78, 5) is 15.4. The van der Waals surface area contributed by atoms with Gasteiger partial charge in [-0.1, -0.05) is 30.3 Å². The summed E-state index contributed by atoms with van der Waals surface area (Å²) in [6.07, 6.45) is 0. The maximum Gasteiger partial charge on any atom is 0.420 e. The number of pyridine rings is 1. The van der Waals surface area contributed by atoms with Crippen molar-refractivity contribution in [3.05, 3.63) is 88.0 Å². The Morgan fingerprint density at radius 3 is 2.62 bits per heavy atom. The summed E-state index contributed by atoms with van der Waals surface area (Å²) < 4.78 is 62.5. The van der Waals surface area contributed by atoms with Gasteiger partial charge in [0.25, 0.3) is 10.0 Å². The number of halogens is 2. The zero-order valence-corrected chi connectivity index (χ0v) is 18.8. The summed E-state index contributed by atoms with van der Waals surface area (Å²) in [6, 6.07) is 12.7. The van der Waals surface area contributed by atoms with Crippen LogP contribution in [-0.2, 0) is 10.0 Å². The Balaban J connectivity index is 1.56. The van der Waals surface area contributed by atoms with Crippen molar-refractivity contribution in [1.29, 1.82) is 0 Å². The molecule has 0 bridgehead atoms. The van der Waals surface area contributed by atoms with Crippen LogP contribution >= 0.6 is 0 Å². The summed E-state index contributed by atoms with van der Waals surface area (Å²) in [5, 5.41) is 3.23. The summed E-state index contributed by atoms with van der Waals surface area (Å²) >= 11 is 0. The summed E-state index contributed by atoms with van der Waals surface area (Å²) in [5.41, 5.74) is 2.02. The predicted octanol–water partition coefficient (Wildman–Crippen LogP) is 3.36. The number of nitrogens with one attached hydrogen (secondary N) is 2. The Bertz CT molecular complexity index is 1560. The van der Waals surface area contributed by atoms with Gasteiger partial charge in [0.2, 0.25) is 5.95 Å². The Morgan fingerprint density at radius 1 is 1.15 bits per heavy atom. The Labute approximate surface area is 193 Å². The van der Waals surface area contributed by atoms with Crippen molar-refractivity contribution in [1.82, 2.24) is 14.9 Å². The first-order chi connectivity index (χ1) is 16.2. The Morgan fingerprint density at radius 2 is 1.91 bits per heavy atom. The normalized spacial score (nSPS) is 15.3. The van der Waals surface area contributed by atoms with Crippen molar-refractivity contribution in [2.45, 2.75) is 23.8 Å². The lowest BCUT2D eigenvalue weighted by Gasteiger charge is -2.31. The number of sulfonamides is 1. The highest BCUT2D eigenvalue weighted by atomic mass is 32.2. The van der Waals surface area contributed by atoms with E-state index >= 15 is 4.39 Å². The van der Waals surface area contributed by atoms with Gasteiger partial charge in [0.15, 0.2) is 5.58 Å². The monoisotopic (exact) mass is 486 g/mol. The lowest BCUT2D eigenvalue weighted by Crippen LogP contribution is -2.40. The van der Waals surface area contributed by atoms with E-state index in [4.69, 9.17) is 4.42 Å². The molecule has 0 amide bonds. The van der Waals surface area contributed by atoms with E-state index in [1.54, 1.807) is 6.92 Å². The molecule has 2 N–H and O–H groups in total. The van der Waals surface area contributed by atoms with Gasteiger partial charge in [-0.05, 0) is 30.2 Å². The maximum atomic E-state index is 15.0. The van der Waals surface area contributed by atoms with Gasteiger partial charge in [-0.15, -0.1) is 0 Å². The second kappa shape index (κ2) is 8.33. The second-order valence-electron chi connectivity index (χ2n) is 8.10. The number of oxazole rings is 1. The zero-order valence-electron chi connectivity index (χ0n) is 18.0. The van der Waals surface area contributed by atoms with Crippen LogP contribution in [0.2, 0.25) is 0 Å². The molecule has 0 aliphatic carbocycles. The molecule has 4 aromatic rings. The molecule has 1 aliphatic rings. The standard InChI is InChI=1S/C23H20F2N4O4S/c1-13(15-5-2-3-6-16(15)14-11-26-12-14)29-18-9-17(24)20(10-19(18)33-23(29)30)34(31,32)28-22-8-4-7-21(25)27-22/h2-10,13-14,26H,11-12H2,1H3,(H,27,28). The van der Waals surface area contributed by atoms with Crippen molar-refractivity contribution in [2.24, 2.45) is 0 Å². The van der Waals surface area contributed by atoms with Crippen LogP contribution < -0.4 is 15.8 Å². The smallest absolute Gasteiger partial charge is 0.408 e. The molecule has 2 aromatic heterocycles. The van der Waals surface area contributed by atoms with Crippen LogP contribution in [0.25, 0.3) is 11.1 Å². The van der Waals surface area contributed by atoms with E-state index in [0.29, 0.717) is 5.92 Å². The highest BCUT2D eigenvalue weighted by molar-refractivity contribution is 7.92. The van der Waals surface area contributed by atoms with Crippen LogP contribution in [0.5, 0.6) is 0 Å². The van der Waals surface area contributed by atoms with E-state index < -0.39 is 38.5 Å². The quantitative estimate of drug-likeness (QED) is 0.405. The van der Waals surface area contributed by atoms with Crippen LogP contribution in [0.1, 0.15) is 30.0 Å². The maximum absolute atomic E-state index is 15.0. The van der Waals surface area contributed by atoms with Crippen LogP contribution in [0.15, 0.2) is 68.7 Å². The lowest BCUT2D eigenvalue weighted by molar-refractivity contribution is 0.438. The Kier molecular flexibility index (Phi) is 5.45. The fourth-order valence-electron chi connectivity index (χ4n) is 4.18. The number of fused-ring (bicyclic) bond motifs is 1. The molecule has 11 heteroatoms. The minimum atomic E-state index is -4.47. The number of aromatic nitrogens is 2. The number of nitrogens with zero attached hydrogens (tertiary/aromatic N) is 2. The summed E-state index contributed by atoms with van der Waals surface area (Å²) in [6.45, 7) is 3.46. The molecule has 0 radical (unpaired) electrons.